The average molecular weight is 279 g/mol. The van der Waals surface area contributed by atoms with E-state index in [1.54, 1.807) is 0 Å². The first-order valence-corrected chi connectivity index (χ1v) is 6.52. The Kier molecular flexibility index (Phi) is 3.87. The second-order valence-electron chi connectivity index (χ2n) is 5.52. The van der Waals surface area contributed by atoms with Crippen LogP contribution in [0.3, 0.4) is 0 Å². The first-order chi connectivity index (χ1) is 8.89. The summed E-state index contributed by atoms with van der Waals surface area (Å²) < 4.78 is 5.26. The third-order valence-corrected chi connectivity index (χ3v) is 3.18. The zero-order chi connectivity index (χ0) is 14.0. The topological polar surface area (TPSA) is 38.8 Å². The Morgan fingerprint density at radius 1 is 1.32 bits per heavy atom. The van der Waals surface area contributed by atoms with Gasteiger partial charge in [-0.25, -0.2) is 4.79 Å². The van der Waals surface area contributed by atoms with Crippen LogP contribution in [0.4, 0.5) is 4.79 Å². The molecule has 1 unspecified atom stereocenters. The fourth-order valence-corrected chi connectivity index (χ4v) is 2.30. The van der Waals surface area contributed by atoms with E-state index in [-0.39, 0.29) is 12.0 Å². The number of benzene rings is 1. The quantitative estimate of drug-likeness (QED) is 0.796. The summed E-state index contributed by atoms with van der Waals surface area (Å²) in [6, 6.07) is 9.60. The normalized spacial score (nSPS) is 19.7. The highest BCUT2D eigenvalue weighted by Gasteiger charge is 2.44. The van der Waals surface area contributed by atoms with E-state index >= 15 is 0 Å². The number of hydroxylamine groups is 2. The summed E-state index contributed by atoms with van der Waals surface area (Å²) in [6.45, 7) is 6.20. The van der Waals surface area contributed by atoms with Crippen LogP contribution < -0.4 is 0 Å². The summed E-state index contributed by atoms with van der Waals surface area (Å²) in [5.74, 6) is 0. The molecule has 0 aliphatic carbocycles. The van der Waals surface area contributed by atoms with Gasteiger partial charge in [-0.3, -0.25) is 4.84 Å². The summed E-state index contributed by atoms with van der Waals surface area (Å²) in [5.41, 5.74) is 0.731. The molecule has 1 aliphatic heterocycles. The molecular weight excluding hydrogens is 262 g/mol. The second kappa shape index (κ2) is 5.27. The summed E-state index contributed by atoms with van der Waals surface area (Å²) in [7, 11) is 0. The standard InChI is InChI=1S/C14H17NO3S/c1-14(2,3)11-12(19)15(13(16)18-11)17-9-10-7-5-4-6-8-10/h4-8,11H,9H2,1-3H3. The molecule has 1 amide bonds. The monoisotopic (exact) mass is 279 g/mol. The average Bonchev–Trinajstić information content (AvgIpc) is 2.64. The predicted octanol–water partition coefficient (Wildman–Crippen LogP) is 3.31. The summed E-state index contributed by atoms with van der Waals surface area (Å²) in [5, 5.41) is 1.08. The van der Waals surface area contributed by atoms with E-state index in [1.165, 1.54) is 0 Å². The van der Waals surface area contributed by atoms with Crippen LogP contribution in [-0.4, -0.2) is 22.2 Å². The van der Waals surface area contributed by atoms with Crippen molar-refractivity contribution in [3.63, 3.8) is 0 Å². The van der Waals surface area contributed by atoms with Crippen molar-refractivity contribution in [1.29, 1.82) is 0 Å². The van der Waals surface area contributed by atoms with E-state index < -0.39 is 12.2 Å². The molecular formula is C14H17NO3S. The number of rotatable bonds is 3. The molecule has 0 spiro atoms. The molecule has 102 valence electrons. The van der Waals surface area contributed by atoms with Gasteiger partial charge in [-0.2, -0.15) is 0 Å². The molecule has 1 aromatic carbocycles. The van der Waals surface area contributed by atoms with Crippen molar-refractivity contribution in [2.75, 3.05) is 0 Å². The van der Waals surface area contributed by atoms with E-state index in [0.717, 1.165) is 10.6 Å². The van der Waals surface area contributed by atoms with Crippen molar-refractivity contribution in [2.24, 2.45) is 5.41 Å². The third-order valence-electron chi connectivity index (χ3n) is 2.80. The van der Waals surface area contributed by atoms with Crippen LogP contribution in [0.5, 0.6) is 0 Å². The highest BCUT2D eigenvalue weighted by atomic mass is 32.1. The van der Waals surface area contributed by atoms with Gasteiger partial charge in [-0.15, -0.1) is 5.06 Å². The van der Waals surface area contributed by atoms with Crippen LogP contribution >= 0.6 is 12.2 Å². The molecule has 1 saturated heterocycles. The Balaban J connectivity index is 2.02. The van der Waals surface area contributed by atoms with E-state index in [9.17, 15) is 4.79 Å². The Labute approximate surface area is 118 Å². The van der Waals surface area contributed by atoms with Crippen LogP contribution in [0.2, 0.25) is 0 Å². The molecule has 1 aromatic rings. The van der Waals surface area contributed by atoms with Gasteiger partial charge in [0.2, 0.25) is 0 Å². The van der Waals surface area contributed by atoms with Crippen molar-refractivity contribution >= 4 is 23.3 Å². The number of nitrogens with zero attached hydrogens (tertiary/aromatic N) is 1. The smallest absolute Gasteiger partial charge is 0.436 e. The minimum absolute atomic E-state index is 0.238. The SMILES string of the molecule is CC(C)(C)C1OC(=O)N(OCc2ccccc2)C1=S. The maximum atomic E-state index is 11.8. The largest absolute Gasteiger partial charge is 0.440 e. The van der Waals surface area contributed by atoms with Crippen LogP contribution in [-0.2, 0) is 16.2 Å². The molecule has 2 rings (SSSR count). The molecule has 1 fully saturated rings. The van der Waals surface area contributed by atoms with E-state index in [1.807, 2.05) is 51.1 Å². The first kappa shape index (κ1) is 14.0. The van der Waals surface area contributed by atoms with Crippen molar-refractivity contribution in [2.45, 2.75) is 33.5 Å². The third kappa shape index (κ3) is 3.11. The van der Waals surface area contributed by atoms with Crippen LogP contribution in [0.15, 0.2) is 30.3 Å². The van der Waals surface area contributed by atoms with Gasteiger partial charge in [0.15, 0.2) is 11.1 Å². The second-order valence-corrected chi connectivity index (χ2v) is 5.94. The fraction of sp³-hybridized carbons (Fsp3) is 0.429. The highest BCUT2D eigenvalue weighted by molar-refractivity contribution is 7.80. The lowest BCUT2D eigenvalue weighted by Crippen LogP contribution is -2.36. The minimum atomic E-state index is -0.541. The van der Waals surface area contributed by atoms with Gasteiger partial charge in [0.1, 0.15) is 6.61 Å². The molecule has 0 aromatic heterocycles. The zero-order valence-electron chi connectivity index (χ0n) is 11.3. The highest BCUT2D eigenvalue weighted by Crippen LogP contribution is 2.30. The van der Waals surface area contributed by atoms with E-state index in [4.69, 9.17) is 21.8 Å². The Bertz CT molecular complexity index is 481. The molecule has 4 nitrogen and oxygen atoms in total. The van der Waals surface area contributed by atoms with E-state index in [2.05, 4.69) is 0 Å². The Morgan fingerprint density at radius 2 is 1.95 bits per heavy atom. The van der Waals surface area contributed by atoms with Crippen molar-refractivity contribution in [3.8, 4) is 0 Å². The number of hydrogen-bond donors (Lipinski definition) is 0. The van der Waals surface area contributed by atoms with E-state index in [0.29, 0.717) is 4.99 Å². The number of amides is 1. The maximum Gasteiger partial charge on any atom is 0.440 e. The number of hydrogen-bond acceptors (Lipinski definition) is 4. The van der Waals surface area contributed by atoms with Gasteiger partial charge in [0.25, 0.3) is 0 Å². The molecule has 0 bridgehead atoms. The fourth-order valence-electron chi connectivity index (χ4n) is 1.77. The summed E-state index contributed by atoms with van der Waals surface area (Å²) in [6.07, 6.45) is -0.966. The molecule has 1 heterocycles. The molecule has 0 N–H and O–H groups in total. The van der Waals surface area contributed by atoms with Crippen LogP contribution in [0, 0.1) is 5.41 Å². The molecule has 19 heavy (non-hydrogen) atoms. The maximum absolute atomic E-state index is 11.8. The number of ether oxygens (including phenoxy) is 1. The molecule has 1 aliphatic rings. The Hall–Kier alpha value is -1.46. The zero-order valence-corrected chi connectivity index (χ0v) is 12.1. The molecule has 0 radical (unpaired) electrons. The van der Waals surface area contributed by atoms with Crippen molar-refractivity contribution < 1.29 is 14.4 Å². The number of carbonyl (C=O) groups excluding carboxylic acids is 1. The molecule has 0 saturated carbocycles. The van der Waals surface area contributed by atoms with Crippen molar-refractivity contribution in [3.05, 3.63) is 35.9 Å². The lowest BCUT2D eigenvalue weighted by atomic mass is 9.89. The molecule has 5 heteroatoms. The van der Waals surface area contributed by atoms with Gasteiger partial charge in [-0.1, -0.05) is 63.3 Å². The first-order valence-electron chi connectivity index (χ1n) is 6.11. The van der Waals surface area contributed by atoms with Crippen LogP contribution in [0.1, 0.15) is 26.3 Å². The van der Waals surface area contributed by atoms with Crippen molar-refractivity contribution in [1.82, 2.24) is 5.06 Å². The molecule has 1 atom stereocenters. The van der Waals surface area contributed by atoms with Gasteiger partial charge in [0.05, 0.1) is 0 Å². The summed E-state index contributed by atoms with van der Waals surface area (Å²) in [4.78, 5) is 17.6. The summed E-state index contributed by atoms with van der Waals surface area (Å²) >= 11 is 5.26. The number of cyclic esters (lactones) is 1. The number of thiocarbonyl (C=S) groups is 1. The van der Waals surface area contributed by atoms with Gasteiger partial charge >= 0.3 is 6.09 Å². The lowest BCUT2D eigenvalue weighted by molar-refractivity contribution is -0.0767. The van der Waals surface area contributed by atoms with Crippen LogP contribution in [0.25, 0.3) is 0 Å². The van der Waals surface area contributed by atoms with Gasteiger partial charge in [-0.05, 0) is 5.56 Å². The predicted molar refractivity (Wildman–Crippen MR) is 75.4 cm³/mol. The van der Waals surface area contributed by atoms with Gasteiger partial charge in [0, 0.05) is 5.41 Å². The lowest BCUT2D eigenvalue weighted by Gasteiger charge is -2.24. The Morgan fingerprint density at radius 3 is 2.47 bits per heavy atom. The van der Waals surface area contributed by atoms with Gasteiger partial charge < -0.3 is 4.74 Å². The minimum Gasteiger partial charge on any atom is -0.436 e. The number of carbonyl (C=O) groups is 1.